The zero-order chi connectivity index (χ0) is 12.5. The molecule has 2 rings (SSSR count). The van der Waals surface area contributed by atoms with Gasteiger partial charge >= 0.3 is 0 Å². The second kappa shape index (κ2) is 4.90. The summed E-state index contributed by atoms with van der Waals surface area (Å²) in [4.78, 5) is 8.10. The number of sulfone groups is 1. The smallest absolute Gasteiger partial charge is 0.196 e. The topological polar surface area (TPSA) is 59.9 Å². The van der Waals surface area contributed by atoms with Crippen molar-refractivity contribution >= 4 is 21.4 Å². The predicted octanol–water partition coefficient (Wildman–Crippen LogP) is 1.61. The summed E-state index contributed by atoms with van der Waals surface area (Å²) in [5.74, 6) is 0.334. The first-order valence-electron chi connectivity index (χ1n) is 5.66. The van der Waals surface area contributed by atoms with E-state index in [9.17, 15) is 8.42 Å². The molecule has 1 aromatic rings. The Bertz CT molecular complexity index is 516. The number of hydrogen-bond acceptors (Lipinski definition) is 4. The summed E-state index contributed by atoms with van der Waals surface area (Å²) in [6.45, 7) is 1.83. The molecule has 0 amide bonds. The van der Waals surface area contributed by atoms with E-state index >= 15 is 0 Å². The Morgan fingerprint density at radius 3 is 2.88 bits per heavy atom. The summed E-state index contributed by atoms with van der Waals surface area (Å²) < 4.78 is 24.4. The summed E-state index contributed by atoms with van der Waals surface area (Å²) >= 11 is 5.67. The van der Waals surface area contributed by atoms with Crippen molar-refractivity contribution < 1.29 is 8.42 Å². The van der Waals surface area contributed by atoms with Gasteiger partial charge in [-0.15, -0.1) is 11.6 Å². The van der Waals surface area contributed by atoms with Gasteiger partial charge in [-0.2, -0.15) is 0 Å². The van der Waals surface area contributed by atoms with E-state index in [1.54, 1.807) is 0 Å². The Balaban J connectivity index is 2.37. The van der Waals surface area contributed by atoms with Gasteiger partial charge in [-0.1, -0.05) is 6.92 Å². The molecule has 1 aliphatic carbocycles. The lowest BCUT2D eigenvalue weighted by Crippen LogP contribution is -2.18. The third-order valence-electron chi connectivity index (χ3n) is 2.90. The highest BCUT2D eigenvalue weighted by atomic mass is 35.5. The van der Waals surface area contributed by atoms with E-state index in [1.165, 1.54) is 6.33 Å². The maximum atomic E-state index is 12.2. The Hall–Kier alpha value is -0.680. The number of fused-ring (bicyclic) bond motifs is 1. The largest absolute Gasteiger partial charge is 0.241 e. The Kier molecular flexibility index (Phi) is 3.68. The molecule has 0 radical (unpaired) electrons. The van der Waals surface area contributed by atoms with E-state index in [-0.39, 0.29) is 16.7 Å². The summed E-state index contributed by atoms with van der Waals surface area (Å²) in [5.41, 5.74) is 1.70. The molecule has 0 saturated carbocycles. The third kappa shape index (κ3) is 2.60. The van der Waals surface area contributed by atoms with Gasteiger partial charge in [0, 0.05) is 17.1 Å². The highest BCUT2D eigenvalue weighted by Gasteiger charge is 2.27. The molecule has 0 bridgehead atoms. The molecule has 0 aromatic carbocycles. The molecule has 0 saturated heterocycles. The van der Waals surface area contributed by atoms with Gasteiger partial charge in [0.05, 0.1) is 5.75 Å². The molecule has 0 aliphatic heterocycles. The van der Waals surface area contributed by atoms with Crippen molar-refractivity contribution in [2.45, 2.75) is 31.2 Å². The maximum absolute atomic E-state index is 12.2. The highest BCUT2D eigenvalue weighted by Crippen LogP contribution is 2.26. The van der Waals surface area contributed by atoms with E-state index in [0.29, 0.717) is 5.88 Å². The molecule has 4 nitrogen and oxygen atoms in total. The van der Waals surface area contributed by atoms with Gasteiger partial charge in [-0.05, 0) is 25.2 Å². The molecular weight excluding hydrogens is 260 g/mol. The first-order chi connectivity index (χ1) is 8.04. The zero-order valence-electron chi connectivity index (χ0n) is 9.69. The number of halogens is 1. The molecule has 17 heavy (non-hydrogen) atoms. The first-order valence-corrected chi connectivity index (χ1v) is 7.84. The lowest BCUT2D eigenvalue weighted by atomic mass is 10.3. The number of aryl methyl sites for hydroxylation is 1. The minimum atomic E-state index is -3.33. The van der Waals surface area contributed by atoms with Gasteiger partial charge < -0.3 is 0 Å². The summed E-state index contributed by atoms with van der Waals surface area (Å²) in [5, 5.41) is 0.219. The van der Waals surface area contributed by atoms with Gasteiger partial charge in [0.2, 0.25) is 0 Å². The number of nitrogens with zero attached hydrogens (tertiary/aromatic N) is 2. The van der Waals surface area contributed by atoms with Crippen LogP contribution in [0, 0.1) is 5.92 Å². The van der Waals surface area contributed by atoms with Crippen LogP contribution in [0.1, 0.15) is 24.6 Å². The molecule has 1 aliphatic rings. The summed E-state index contributed by atoms with van der Waals surface area (Å²) in [6.07, 6.45) is 3.93. The molecule has 0 N–H and O–H groups in total. The van der Waals surface area contributed by atoms with Crippen LogP contribution in [0.3, 0.4) is 0 Å². The second-order valence-electron chi connectivity index (χ2n) is 4.50. The monoisotopic (exact) mass is 274 g/mol. The van der Waals surface area contributed by atoms with Crippen molar-refractivity contribution in [3.05, 3.63) is 17.6 Å². The van der Waals surface area contributed by atoms with Gasteiger partial charge in [0.25, 0.3) is 0 Å². The van der Waals surface area contributed by atoms with Gasteiger partial charge in [0.1, 0.15) is 6.33 Å². The number of hydrogen-bond donors (Lipinski definition) is 0. The fraction of sp³-hybridized carbons (Fsp3) is 0.636. The van der Waals surface area contributed by atoms with Crippen molar-refractivity contribution in [2.24, 2.45) is 5.92 Å². The molecule has 0 fully saturated rings. The van der Waals surface area contributed by atoms with Crippen LogP contribution in [0.15, 0.2) is 11.4 Å². The SMILES string of the molecule is CC(CCl)CS(=O)(=O)c1ncnc2c1CCC2. The molecular formula is C11H15ClN2O2S. The van der Waals surface area contributed by atoms with Crippen molar-refractivity contribution in [2.75, 3.05) is 11.6 Å². The van der Waals surface area contributed by atoms with Crippen molar-refractivity contribution in [1.82, 2.24) is 9.97 Å². The molecule has 1 atom stereocenters. The quantitative estimate of drug-likeness (QED) is 0.618. The van der Waals surface area contributed by atoms with Crippen LogP contribution >= 0.6 is 11.6 Å². The Morgan fingerprint density at radius 1 is 1.41 bits per heavy atom. The van der Waals surface area contributed by atoms with Gasteiger partial charge in [0.15, 0.2) is 14.9 Å². The molecule has 1 heterocycles. The normalized spacial score (nSPS) is 16.8. The van der Waals surface area contributed by atoms with Crippen LogP contribution in [-0.2, 0) is 22.7 Å². The molecule has 0 spiro atoms. The zero-order valence-corrected chi connectivity index (χ0v) is 11.3. The van der Waals surface area contributed by atoms with E-state index in [4.69, 9.17) is 11.6 Å². The highest BCUT2D eigenvalue weighted by molar-refractivity contribution is 7.91. The first kappa shape index (κ1) is 12.8. The molecule has 1 unspecified atom stereocenters. The Morgan fingerprint density at radius 2 is 2.18 bits per heavy atom. The van der Waals surface area contributed by atoms with Gasteiger partial charge in [-0.3, -0.25) is 0 Å². The van der Waals surface area contributed by atoms with E-state index in [1.807, 2.05) is 6.92 Å². The minimum Gasteiger partial charge on any atom is -0.241 e. The molecule has 6 heteroatoms. The summed E-state index contributed by atoms with van der Waals surface area (Å²) in [6, 6.07) is 0. The lowest BCUT2D eigenvalue weighted by molar-refractivity contribution is 0.577. The standard InChI is InChI=1S/C11H15ClN2O2S/c1-8(5-12)6-17(15,16)11-9-3-2-4-10(9)13-7-14-11/h7-8H,2-6H2,1H3. The van der Waals surface area contributed by atoms with Crippen molar-refractivity contribution in [3.8, 4) is 0 Å². The average Bonchev–Trinajstić information content (AvgIpc) is 2.75. The molecule has 94 valence electrons. The van der Waals surface area contributed by atoms with Crippen LogP contribution in [0.2, 0.25) is 0 Å². The molecule has 1 aromatic heterocycles. The van der Waals surface area contributed by atoms with E-state index in [2.05, 4.69) is 9.97 Å². The van der Waals surface area contributed by atoms with Gasteiger partial charge in [-0.25, -0.2) is 18.4 Å². The second-order valence-corrected chi connectivity index (χ2v) is 6.76. The lowest BCUT2D eigenvalue weighted by Gasteiger charge is -2.10. The predicted molar refractivity (Wildman–Crippen MR) is 66.0 cm³/mol. The maximum Gasteiger partial charge on any atom is 0.196 e. The minimum absolute atomic E-state index is 0.0555. The fourth-order valence-electron chi connectivity index (χ4n) is 2.10. The van der Waals surface area contributed by atoms with Crippen molar-refractivity contribution in [3.63, 3.8) is 0 Å². The van der Waals surface area contributed by atoms with Crippen LogP contribution in [-0.4, -0.2) is 30.0 Å². The van der Waals surface area contributed by atoms with E-state index in [0.717, 1.165) is 30.5 Å². The Labute approximate surface area is 106 Å². The van der Waals surface area contributed by atoms with Crippen LogP contribution < -0.4 is 0 Å². The fourth-order valence-corrected chi connectivity index (χ4v) is 4.16. The average molecular weight is 275 g/mol. The van der Waals surface area contributed by atoms with Crippen molar-refractivity contribution in [1.29, 1.82) is 0 Å². The van der Waals surface area contributed by atoms with Crippen LogP contribution in [0.5, 0.6) is 0 Å². The van der Waals surface area contributed by atoms with Crippen LogP contribution in [0.25, 0.3) is 0 Å². The van der Waals surface area contributed by atoms with E-state index < -0.39 is 9.84 Å². The van der Waals surface area contributed by atoms with Crippen LogP contribution in [0.4, 0.5) is 0 Å². The third-order valence-corrected chi connectivity index (χ3v) is 5.37. The number of aromatic nitrogens is 2. The number of rotatable bonds is 4. The number of alkyl halides is 1. The summed E-state index contributed by atoms with van der Waals surface area (Å²) in [7, 11) is -3.33.